The summed E-state index contributed by atoms with van der Waals surface area (Å²) < 4.78 is 38.5. The summed E-state index contributed by atoms with van der Waals surface area (Å²) in [4.78, 5) is 12.5. The van der Waals surface area contributed by atoms with Gasteiger partial charge in [0.2, 0.25) is 0 Å². The third-order valence-corrected chi connectivity index (χ3v) is 5.82. The summed E-state index contributed by atoms with van der Waals surface area (Å²) in [5, 5.41) is 2.72. The largest absolute Gasteiger partial charge is 0.497 e. The molecule has 0 heterocycles. The zero-order chi connectivity index (χ0) is 22.4. The molecule has 1 atom stereocenters. The Bertz CT molecular complexity index is 1160. The third kappa shape index (κ3) is 5.99. The fourth-order valence-electron chi connectivity index (χ4n) is 2.82. The number of benzene rings is 3. The van der Waals surface area contributed by atoms with Crippen LogP contribution in [0.4, 0.5) is 11.4 Å². The van der Waals surface area contributed by atoms with Crippen LogP contribution in [0.2, 0.25) is 0 Å². The van der Waals surface area contributed by atoms with Crippen LogP contribution in [-0.2, 0) is 14.8 Å². The van der Waals surface area contributed by atoms with Gasteiger partial charge in [-0.25, -0.2) is 8.42 Å². The normalized spacial score (nSPS) is 12.0. The maximum Gasteiger partial charge on any atom is 0.265 e. The van der Waals surface area contributed by atoms with Crippen LogP contribution in [0.3, 0.4) is 0 Å². The summed E-state index contributed by atoms with van der Waals surface area (Å²) in [6.07, 6.45) is -0.765. The Balaban J connectivity index is 1.63. The van der Waals surface area contributed by atoms with E-state index < -0.39 is 16.1 Å². The predicted octanol–water partition coefficient (Wildman–Crippen LogP) is 4.21. The molecule has 3 aromatic rings. The van der Waals surface area contributed by atoms with E-state index in [1.807, 2.05) is 13.0 Å². The van der Waals surface area contributed by atoms with Crippen LogP contribution in [0.15, 0.2) is 77.7 Å². The van der Waals surface area contributed by atoms with E-state index in [9.17, 15) is 13.2 Å². The second-order valence-electron chi connectivity index (χ2n) is 6.93. The third-order valence-electron chi connectivity index (χ3n) is 4.43. The minimum absolute atomic E-state index is 0.0904. The Morgan fingerprint density at radius 2 is 1.58 bits per heavy atom. The number of sulfonamides is 1. The van der Waals surface area contributed by atoms with Gasteiger partial charge in [0.25, 0.3) is 15.9 Å². The van der Waals surface area contributed by atoms with Gasteiger partial charge in [-0.15, -0.1) is 0 Å². The van der Waals surface area contributed by atoms with Crippen LogP contribution in [0, 0.1) is 6.92 Å². The van der Waals surface area contributed by atoms with Crippen molar-refractivity contribution in [2.45, 2.75) is 24.8 Å². The van der Waals surface area contributed by atoms with Gasteiger partial charge in [-0.1, -0.05) is 18.2 Å². The van der Waals surface area contributed by atoms with Crippen molar-refractivity contribution >= 4 is 27.3 Å². The number of hydrogen-bond acceptors (Lipinski definition) is 5. The van der Waals surface area contributed by atoms with E-state index in [4.69, 9.17) is 9.47 Å². The zero-order valence-electron chi connectivity index (χ0n) is 17.5. The van der Waals surface area contributed by atoms with Gasteiger partial charge in [0.15, 0.2) is 6.10 Å². The number of nitrogens with one attached hydrogen (secondary N) is 2. The first-order valence-electron chi connectivity index (χ1n) is 9.58. The second-order valence-corrected chi connectivity index (χ2v) is 8.61. The summed E-state index contributed by atoms with van der Waals surface area (Å²) >= 11 is 0. The molecule has 0 bridgehead atoms. The molecule has 0 aliphatic rings. The number of aryl methyl sites for hydroxylation is 1. The molecule has 0 fully saturated rings. The van der Waals surface area contributed by atoms with Crippen molar-refractivity contribution in [3.05, 3.63) is 78.4 Å². The number of anilines is 2. The highest BCUT2D eigenvalue weighted by molar-refractivity contribution is 7.92. The van der Waals surface area contributed by atoms with E-state index in [-0.39, 0.29) is 10.8 Å². The van der Waals surface area contributed by atoms with Gasteiger partial charge < -0.3 is 14.8 Å². The molecule has 0 saturated carbocycles. The highest BCUT2D eigenvalue weighted by Crippen LogP contribution is 2.21. The maximum absolute atomic E-state index is 12.6. The van der Waals surface area contributed by atoms with Crippen molar-refractivity contribution in [1.29, 1.82) is 0 Å². The molecule has 0 aromatic heterocycles. The highest BCUT2D eigenvalue weighted by Gasteiger charge is 2.17. The molecule has 8 heteroatoms. The van der Waals surface area contributed by atoms with Crippen LogP contribution in [0.1, 0.15) is 12.5 Å². The fourth-order valence-corrected chi connectivity index (χ4v) is 3.87. The van der Waals surface area contributed by atoms with Crippen LogP contribution in [0.25, 0.3) is 0 Å². The lowest BCUT2D eigenvalue weighted by Crippen LogP contribution is -2.30. The molecule has 7 nitrogen and oxygen atoms in total. The van der Waals surface area contributed by atoms with Crippen LogP contribution >= 0.6 is 0 Å². The number of rotatable bonds is 8. The van der Waals surface area contributed by atoms with Crippen molar-refractivity contribution in [3.8, 4) is 11.5 Å². The number of hydrogen-bond donors (Lipinski definition) is 2. The highest BCUT2D eigenvalue weighted by atomic mass is 32.2. The van der Waals surface area contributed by atoms with Crippen molar-refractivity contribution in [3.63, 3.8) is 0 Å². The van der Waals surface area contributed by atoms with E-state index in [1.165, 1.54) is 24.3 Å². The molecular formula is C23H24N2O5S. The molecular weight excluding hydrogens is 416 g/mol. The molecule has 0 saturated heterocycles. The second kappa shape index (κ2) is 9.53. The van der Waals surface area contributed by atoms with E-state index in [2.05, 4.69) is 10.0 Å². The zero-order valence-corrected chi connectivity index (χ0v) is 18.3. The molecule has 0 radical (unpaired) electrons. The molecule has 3 aromatic carbocycles. The van der Waals surface area contributed by atoms with Gasteiger partial charge in [-0.2, -0.15) is 0 Å². The summed E-state index contributed by atoms with van der Waals surface area (Å²) in [5.74, 6) is 0.767. The van der Waals surface area contributed by atoms with E-state index in [0.29, 0.717) is 22.9 Å². The topological polar surface area (TPSA) is 93.7 Å². The lowest BCUT2D eigenvalue weighted by atomic mass is 10.2. The molecule has 1 amide bonds. The van der Waals surface area contributed by atoms with E-state index in [0.717, 1.165) is 5.56 Å². The minimum atomic E-state index is -3.74. The summed E-state index contributed by atoms with van der Waals surface area (Å²) in [6.45, 7) is 3.51. The first-order valence-corrected chi connectivity index (χ1v) is 11.1. The molecule has 2 N–H and O–H groups in total. The lowest BCUT2D eigenvalue weighted by Gasteiger charge is -2.15. The molecule has 0 aliphatic carbocycles. The van der Waals surface area contributed by atoms with Gasteiger partial charge in [0, 0.05) is 17.4 Å². The van der Waals surface area contributed by atoms with Gasteiger partial charge >= 0.3 is 0 Å². The minimum Gasteiger partial charge on any atom is -0.497 e. The first kappa shape index (κ1) is 22.2. The van der Waals surface area contributed by atoms with Gasteiger partial charge in [0.05, 0.1) is 12.0 Å². The molecule has 162 valence electrons. The monoisotopic (exact) mass is 440 g/mol. The van der Waals surface area contributed by atoms with Crippen LogP contribution in [-0.4, -0.2) is 27.5 Å². The molecule has 3 rings (SSSR count). The predicted molar refractivity (Wildman–Crippen MR) is 120 cm³/mol. The average molecular weight is 441 g/mol. The Morgan fingerprint density at radius 3 is 2.26 bits per heavy atom. The molecule has 0 unspecified atom stereocenters. The van der Waals surface area contributed by atoms with Gasteiger partial charge in [-0.05, 0) is 67.9 Å². The summed E-state index contributed by atoms with van der Waals surface area (Å²) in [6, 6.07) is 20.0. The summed E-state index contributed by atoms with van der Waals surface area (Å²) in [5.41, 5.74) is 1.89. The Labute approximate surface area is 182 Å². The number of carbonyl (C=O) groups excluding carboxylic acids is 1. The molecule has 0 aliphatic heterocycles. The van der Waals surface area contributed by atoms with Crippen LogP contribution < -0.4 is 19.5 Å². The Morgan fingerprint density at radius 1 is 0.903 bits per heavy atom. The smallest absolute Gasteiger partial charge is 0.265 e. The first-order chi connectivity index (χ1) is 14.8. The van der Waals surface area contributed by atoms with Crippen molar-refractivity contribution < 1.29 is 22.7 Å². The quantitative estimate of drug-likeness (QED) is 0.547. The molecule has 31 heavy (non-hydrogen) atoms. The Hall–Kier alpha value is -3.52. The molecule has 0 spiro atoms. The van der Waals surface area contributed by atoms with Gasteiger partial charge in [-0.3, -0.25) is 9.52 Å². The number of methoxy groups -OCH3 is 1. The maximum atomic E-state index is 12.6. The number of ether oxygens (including phenoxy) is 2. The summed E-state index contributed by atoms with van der Waals surface area (Å²) in [7, 11) is -2.19. The number of amides is 1. The van der Waals surface area contributed by atoms with Gasteiger partial charge in [0.1, 0.15) is 11.5 Å². The number of carbonyl (C=O) groups is 1. The van der Waals surface area contributed by atoms with Crippen molar-refractivity contribution in [1.82, 2.24) is 0 Å². The van der Waals surface area contributed by atoms with Crippen LogP contribution in [0.5, 0.6) is 11.5 Å². The van der Waals surface area contributed by atoms with Crippen molar-refractivity contribution in [2.75, 3.05) is 17.1 Å². The van der Waals surface area contributed by atoms with E-state index >= 15 is 0 Å². The fraction of sp³-hybridized carbons (Fsp3) is 0.174. The van der Waals surface area contributed by atoms with E-state index in [1.54, 1.807) is 56.5 Å². The Kier molecular flexibility index (Phi) is 6.81. The average Bonchev–Trinajstić information content (AvgIpc) is 2.74. The SMILES string of the molecule is COc1cccc(O[C@@H](C)C(=O)Nc2ccc(S(=O)(=O)Nc3cccc(C)c3)cc2)c1. The lowest BCUT2D eigenvalue weighted by molar-refractivity contribution is -0.122. The standard InChI is InChI=1S/C23H24N2O5S/c1-16-6-4-7-19(14-16)25-31(27,28)22-12-10-18(11-13-22)24-23(26)17(2)30-21-9-5-8-20(15-21)29-3/h4-15,17,25H,1-3H3,(H,24,26)/t17-/m0/s1. The van der Waals surface area contributed by atoms with Crippen molar-refractivity contribution in [2.24, 2.45) is 0 Å².